The van der Waals surface area contributed by atoms with Crippen LogP contribution in [0.25, 0.3) is 0 Å². The Morgan fingerprint density at radius 1 is 1.50 bits per heavy atom. The maximum atomic E-state index is 9.70. The van der Waals surface area contributed by atoms with E-state index >= 15 is 0 Å². The highest BCUT2D eigenvalue weighted by atomic mass is 16.3. The van der Waals surface area contributed by atoms with E-state index in [1.807, 2.05) is 6.20 Å². The molecule has 1 saturated carbocycles. The summed E-state index contributed by atoms with van der Waals surface area (Å²) in [6.07, 6.45) is 7.74. The van der Waals surface area contributed by atoms with Gasteiger partial charge in [-0.25, -0.2) is 4.98 Å². The van der Waals surface area contributed by atoms with Gasteiger partial charge in [0.25, 0.3) is 0 Å². The minimum atomic E-state index is -0.182. The van der Waals surface area contributed by atoms with E-state index in [0.717, 1.165) is 25.1 Å². The summed E-state index contributed by atoms with van der Waals surface area (Å²) >= 11 is 0. The number of aromatic nitrogens is 2. The Morgan fingerprint density at radius 3 is 3.07 bits per heavy atom. The molecule has 1 aromatic heterocycles. The molecule has 3 N–H and O–H groups in total. The van der Waals surface area contributed by atoms with E-state index in [1.165, 1.54) is 6.42 Å². The molecule has 2 atom stereocenters. The number of hydrogen-bond donors (Lipinski definition) is 3. The van der Waals surface area contributed by atoms with Crippen LogP contribution in [-0.2, 0) is 6.54 Å². The summed E-state index contributed by atoms with van der Waals surface area (Å²) in [6.45, 7) is 0.717. The number of nitrogens with zero attached hydrogens (tertiary/aromatic N) is 1. The Morgan fingerprint density at radius 2 is 2.36 bits per heavy atom. The van der Waals surface area contributed by atoms with Gasteiger partial charge in [-0.1, -0.05) is 12.8 Å². The van der Waals surface area contributed by atoms with Crippen LogP contribution in [0.15, 0.2) is 12.4 Å². The number of hydrogen-bond acceptors (Lipinski definition) is 3. The standard InChI is InChI=1S/C10H17N3O/c14-9-4-2-1-3-8(9)13-7-10-11-5-6-12-10/h5-6,8-9,13-14H,1-4,7H2,(H,11,12)/t8-,9-/m1/s1. The van der Waals surface area contributed by atoms with Crippen molar-refractivity contribution < 1.29 is 5.11 Å². The van der Waals surface area contributed by atoms with E-state index in [9.17, 15) is 5.11 Å². The first-order valence-corrected chi connectivity index (χ1v) is 5.26. The second-order valence-electron chi connectivity index (χ2n) is 3.88. The molecular formula is C10H17N3O. The molecule has 78 valence electrons. The number of rotatable bonds is 3. The van der Waals surface area contributed by atoms with Crippen LogP contribution in [0.2, 0.25) is 0 Å². The third-order valence-corrected chi connectivity index (χ3v) is 2.82. The van der Waals surface area contributed by atoms with Gasteiger partial charge in [-0.15, -0.1) is 0 Å². The average molecular weight is 195 g/mol. The molecule has 14 heavy (non-hydrogen) atoms. The molecule has 4 heteroatoms. The molecule has 0 aliphatic heterocycles. The fourth-order valence-corrected chi connectivity index (χ4v) is 1.97. The van der Waals surface area contributed by atoms with Crippen molar-refractivity contribution >= 4 is 0 Å². The molecule has 0 radical (unpaired) electrons. The van der Waals surface area contributed by atoms with Crippen molar-refractivity contribution in [2.75, 3.05) is 0 Å². The highest BCUT2D eigenvalue weighted by Gasteiger charge is 2.22. The fraction of sp³-hybridized carbons (Fsp3) is 0.700. The Hall–Kier alpha value is -0.870. The normalized spacial score (nSPS) is 27.8. The maximum Gasteiger partial charge on any atom is 0.120 e. The van der Waals surface area contributed by atoms with E-state index in [0.29, 0.717) is 6.54 Å². The van der Waals surface area contributed by atoms with Crippen LogP contribution in [0, 0.1) is 0 Å². The van der Waals surface area contributed by atoms with Gasteiger partial charge in [-0.2, -0.15) is 0 Å². The molecule has 0 saturated heterocycles. The SMILES string of the molecule is O[C@@H]1CCCC[C@H]1NCc1ncc[nH]1. The van der Waals surface area contributed by atoms with E-state index in [4.69, 9.17) is 0 Å². The van der Waals surface area contributed by atoms with Crippen molar-refractivity contribution in [3.63, 3.8) is 0 Å². The minimum Gasteiger partial charge on any atom is -0.392 e. The van der Waals surface area contributed by atoms with Crippen LogP contribution >= 0.6 is 0 Å². The summed E-state index contributed by atoms with van der Waals surface area (Å²) < 4.78 is 0. The molecule has 1 aliphatic carbocycles. The molecular weight excluding hydrogens is 178 g/mol. The molecule has 0 bridgehead atoms. The van der Waals surface area contributed by atoms with E-state index in [-0.39, 0.29) is 12.1 Å². The van der Waals surface area contributed by atoms with Crippen molar-refractivity contribution in [3.8, 4) is 0 Å². The summed E-state index contributed by atoms with van der Waals surface area (Å²) in [4.78, 5) is 7.16. The number of aliphatic hydroxyl groups excluding tert-OH is 1. The molecule has 0 aromatic carbocycles. The molecule has 4 nitrogen and oxygen atoms in total. The number of nitrogens with one attached hydrogen (secondary N) is 2. The van der Waals surface area contributed by atoms with E-state index in [2.05, 4.69) is 15.3 Å². The summed E-state index contributed by atoms with van der Waals surface area (Å²) in [5, 5.41) is 13.0. The van der Waals surface area contributed by atoms with Gasteiger partial charge in [-0.3, -0.25) is 0 Å². The summed E-state index contributed by atoms with van der Waals surface area (Å²) in [5.41, 5.74) is 0. The second kappa shape index (κ2) is 4.57. The van der Waals surface area contributed by atoms with Crippen molar-refractivity contribution in [1.82, 2.24) is 15.3 Å². The third-order valence-electron chi connectivity index (χ3n) is 2.82. The Balaban J connectivity index is 1.79. The van der Waals surface area contributed by atoms with Crippen molar-refractivity contribution in [2.45, 2.75) is 44.4 Å². The summed E-state index contributed by atoms with van der Waals surface area (Å²) in [6, 6.07) is 0.244. The lowest BCUT2D eigenvalue weighted by Gasteiger charge is -2.28. The topological polar surface area (TPSA) is 60.9 Å². The molecule has 0 unspecified atom stereocenters. The maximum absolute atomic E-state index is 9.70. The third kappa shape index (κ3) is 2.33. The largest absolute Gasteiger partial charge is 0.392 e. The Kier molecular flexibility index (Phi) is 3.16. The first-order valence-electron chi connectivity index (χ1n) is 5.26. The molecule has 0 amide bonds. The number of imidazole rings is 1. The quantitative estimate of drug-likeness (QED) is 0.668. The van der Waals surface area contributed by atoms with Crippen LogP contribution < -0.4 is 5.32 Å². The van der Waals surface area contributed by atoms with Crippen LogP contribution in [0.1, 0.15) is 31.5 Å². The highest BCUT2D eigenvalue weighted by molar-refractivity contribution is 4.88. The summed E-state index contributed by atoms with van der Waals surface area (Å²) in [5.74, 6) is 0.933. The van der Waals surface area contributed by atoms with Gasteiger partial charge in [-0.05, 0) is 12.8 Å². The number of aromatic amines is 1. The zero-order valence-corrected chi connectivity index (χ0v) is 8.24. The van der Waals surface area contributed by atoms with Gasteiger partial charge in [0, 0.05) is 18.4 Å². The molecule has 2 rings (SSSR count). The van der Waals surface area contributed by atoms with Crippen molar-refractivity contribution in [2.24, 2.45) is 0 Å². The predicted molar refractivity (Wildman–Crippen MR) is 53.7 cm³/mol. The van der Waals surface area contributed by atoms with Gasteiger partial charge in [0.15, 0.2) is 0 Å². The van der Waals surface area contributed by atoms with Crippen LogP contribution in [0.3, 0.4) is 0 Å². The Labute approximate surface area is 83.8 Å². The molecule has 0 spiro atoms. The van der Waals surface area contributed by atoms with Gasteiger partial charge in [0.05, 0.1) is 12.6 Å². The zero-order valence-electron chi connectivity index (χ0n) is 8.24. The van der Waals surface area contributed by atoms with Gasteiger partial charge < -0.3 is 15.4 Å². The predicted octanol–water partition coefficient (Wildman–Crippen LogP) is 0.803. The van der Waals surface area contributed by atoms with Crippen LogP contribution in [0.4, 0.5) is 0 Å². The fourth-order valence-electron chi connectivity index (χ4n) is 1.97. The molecule has 1 fully saturated rings. The second-order valence-corrected chi connectivity index (χ2v) is 3.88. The van der Waals surface area contributed by atoms with Gasteiger partial charge in [0.2, 0.25) is 0 Å². The molecule has 1 aliphatic rings. The highest BCUT2D eigenvalue weighted by Crippen LogP contribution is 2.18. The zero-order chi connectivity index (χ0) is 9.80. The van der Waals surface area contributed by atoms with E-state index < -0.39 is 0 Å². The van der Waals surface area contributed by atoms with Crippen molar-refractivity contribution in [3.05, 3.63) is 18.2 Å². The van der Waals surface area contributed by atoms with Crippen LogP contribution in [-0.4, -0.2) is 27.2 Å². The minimum absolute atomic E-state index is 0.182. The number of aliphatic hydroxyl groups is 1. The molecule has 1 heterocycles. The smallest absolute Gasteiger partial charge is 0.120 e. The first kappa shape index (κ1) is 9.68. The summed E-state index contributed by atoms with van der Waals surface area (Å²) in [7, 11) is 0. The van der Waals surface area contributed by atoms with E-state index in [1.54, 1.807) is 6.20 Å². The monoisotopic (exact) mass is 195 g/mol. The van der Waals surface area contributed by atoms with Crippen LogP contribution in [0.5, 0.6) is 0 Å². The lowest BCUT2D eigenvalue weighted by molar-refractivity contribution is 0.0899. The number of H-pyrrole nitrogens is 1. The first-order chi connectivity index (χ1) is 6.86. The Bertz CT molecular complexity index is 260. The lowest BCUT2D eigenvalue weighted by atomic mass is 9.93. The van der Waals surface area contributed by atoms with Gasteiger partial charge in [0.1, 0.15) is 5.82 Å². The van der Waals surface area contributed by atoms with Crippen molar-refractivity contribution in [1.29, 1.82) is 0 Å². The average Bonchev–Trinajstić information content (AvgIpc) is 2.69. The lowest BCUT2D eigenvalue weighted by Crippen LogP contribution is -2.41. The molecule has 1 aromatic rings. The van der Waals surface area contributed by atoms with Gasteiger partial charge >= 0.3 is 0 Å².